The number of hydrogen-bond donors (Lipinski definition) is 0. The Morgan fingerprint density at radius 1 is 1.06 bits per heavy atom. The molecule has 0 N–H and O–H groups in total. The van der Waals surface area contributed by atoms with E-state index in [-0.39, 0.29) is 0 Å². The number of aryl methyl sites for hydroxylation is 2. The van der Waals surface area contributed by atoms with E-state index in [0.29, 0.717) is 6.61 Å². The molecule has 0 spiro atoms. The molecule has 0 aliphatic rings. The van der Waals surface area contributed by atoms with Gasteiger partial charge < -0.3 is 4.74 Å². The number of halogens is 1. The molecular formula is C15H15IO. The van der Waals surface area contributed by atoms with Crippen molar-refractivity contribution in [3.8, 4) is 5.75 Å². The van der Waals surface area contributed by atoms with Crippen molar-refractivity contribution in [2.45, 2.75) is 20.5 Å². The zero-order chi connectivity index (χ0) is 12.3. The predicted octanol–water partition coefficient (Wildman–Crippen LogP) is 4.49. The van der Waals surface area contributed by atoms with Crippen LogP contribution in [0.25, 0.3) is 0 Å². The summed E-state index contributed by atoms with van der Waals surface area (Å²) in [6, 6.07) is 14.5. The van der Waals surface area contributed by atoms with E-state index in [1.165, 1.54) is 20.3 Å². The van der Waals surface area contributed by atoms with Gasteiger partial charge in [-0.1, -0.05) is 36.4 Å². The second kappa shape index (κ2) is 5.54. The van der Waals surface area contributed by atoms with Gasteiger partial charge in [0.1, 0.15) is 12.4 Å². The van der Waals surface area contributed by atoms with Crippen LogP contribution in [0.15, 0.2) is 42.5 Å². The quantitative estimate of drug-likeness (QED) is 0.750. The van der Waals surface area contributed by atoms with E-state index in [0.717, 1.165) is 5.75 Å². The van der Waals surface area contributed by atoms with Crippen molar-refractivity contribution in [1.29, 1.82) is 0 Å². The average molecular weight is 338 g/mol. The molecule has 88 valence electrons. The third-order valence-electron chi connectivity index (χ3n) is 2.60. The smallest absolute Gasteiger partial charge is 0.136 e. The molecule has 0 radical (unpaired) electrons. The topological polar surface area (TPSA) is 9.23 Å². The highest BCUT2D eigenvalue weighted by Crippen LogP contribution is 2.27. The zero-order valence-corrected chi connectivity index (χ0v) is 12.2. The molecule has 2 aromatic rings. The molecule has 0 bridgehead atoms. The van der Waals surface area contributed by atoms with Crippen LogP contribution in [0.4, 0.5) is 0 Å². The van der Waals surface area contributed by atoms with E-state index in [1.807, 2.05) is 18.2 Å². The standard InChI is InChI=1S/C15H15IO/c1-11-8-12(2)15(14(16)9-11)17-10-13-6-4-3-5-7-13/h3-9H,10H2,1-2H3. The van der Waals surface area contributed by atoms with Crippen LogP contribution in [0, 0.1) is 17.4 Å². The van der Waals surface area contributed by atoms with Gasteiger partial charge in [0.15, 0.2) is 0 Å². The summed E-state index contributed by atoms with van der Waals surface area (Å²) in [7, 11) is 0. The Bertz CT molecular complexity index is 483. The minimum atomic E-state index is 0.626. The third kappa shape index (κ3) is 3.22. The highest BCUT2D eigenvalue weighted by atomic mass is 127. The molecule has 0 saturated carbocycles. The first-order chi connectivity index (χ1) is 8.16. The van der Waals surface area contributed by atoms with Crippen LogP contribution < -0.4 is 4.74 Å². The van der Waals surface area contributed by atoms with E-state index in [2.05, 4.69) is 60.7 Å². The number of hydrogen-bond acceptors (Lipinski definition) is 1. The second-order valence-corrected chi connectivity index (χ2v) is 5.33. The fraction of sp³-hybridized carbons (Fsp3) is 0.200. The van der Waals surface area contributed by atoms with Crippen LogP contribution >= 0.6 is 22.6 Å². The van der Waals surface area contributed by atoms with Crippen LogP contribution in [-0.4, -0.2) is 0 Å². The maximum atomic E-state index is 5.90. The number of rotatable bonds is 3. The summed E-state index contributed by atoms with van der Waals surface area (Å²) in [5.41, 5.74) is 3.67. The summed E-state index contributed by atoms with van der Waals surface area (Å²) >= 11 is 2.33. The van der Waals surface area contributed by atoms with Crippen LogP contribution in [0.3, 0.4) is 0 Å². The molecule has 0 aliphatic heterocycles. The van der Waals surface area contributed by atoms with Gasteiger partial charge in [-0.3, -0.25) is 0 Å². The summed E-state index contributed by atoms with van der Waals surface area (Å²) < 4.78 is 7.08. The lowest BCUT2D eigenvalue weighted by Gasteiger charge is -2.12. The Kier molecular flexibility index (Phi) is 4.05. The first kappa shape index (κ1) is 12.4. The number of benzene rings is 2. The molecule has 0 aliphatic carbocycles. The largest absolute Gasteiger partial charge is 0.488 e. The molecular weight excluding hydrogens is 323 g/mol. The molecule has 2 heteroatoms. The molecule has 0 aromatic heterocycles. The Morgan fingerprint density at radius 3 is 2.41 bits per heavy atom. The minimum Gasteiger partial charge on any atom is -0.488 e. The fourth-order valence-corrected chi connectivity index (χ4v) is 2.89. The Morgan fingerprint density at radius 2 is 1.76 bits per heavy atom. The normalized spacial score (nSPS) is 10.3. The van der Waals surface area contributed by atoms with Crippen molar-refractivity contribution >= 4 is 22.6 Å². The summed E-state index contributed by atoms with van der Waals surface area (Å²) in [5.74, 6) is 1.00. The van der Waals surface area contributed by atoms with Gasteiger partial charge in [-0.15, -0.1) is 0 Å². The monoisotopic (exact) mass is 338 g/mol. The van der Waals surface area contributed by atoms with Gasteiger partial charge in [-0.25, -0.2) is 0 Å². The van der Waals surface area contributed by atoms with Gasteiger partial charge in [0.25, 0.3) is 0 Å². The molecule has 0 heterocycles. The summed E-state index contributed by atoms with van der Waals surface area (Å²) in [4.78, 5) is 0. The lowest BCUT2D eigenvalue weighted by atomic mass is 10.1. The fourth-order valence-electron chi connectivity index (χ4n) is 1.82. The molecule has 17 heavy (non-hydrogen) atoms. The van der Waals surface area contributed by atoms with Crippen molar-refractivity contribution in [2.24, 2.45) is 0 Å². The van der Waals surface area contributed by atoms with Crippen LogP contribution in [0.1, 0.15) is 16.7 Å². The number of ether oxygens (including phenoxy) is 1. The van der Waals surface area contributed by atoms with Crippen molar-refractivity contribution in [2.75, 3.05) is 0 Å². The molecule has 1 nitrogen and oxygen atoms in total. The average Bonchev–Trinajstić information content (AvgIpc) is 2.29. The van der Waals surface area contributed by atoms with E-state index in [9.17, 15) is 0 Å². The van der Waals surface area contributed by atoms with Gasteiger partial charge in [-0.05, 0) is 59.2 Å². The maximum Gasteiger partial charge on any atom is 0.136 e. The van der Waals surface area contributed by atoms with Crippen molar-refractivity contribution in [1.82, 2.24) is 0 Å². The summed E-state index contributed by atoms with van der Waals surface area (Å²) in [5, 5.41) is 0. The summed E-state index contributed by atoms with van der Waals surface area (Å²) in [6.45, 7) is 4.83. The van der Waals surface area contributed by atoms with Crippen molar-refractivity contribution < 1.29 is 4.74 Å². The lowest BCUT2D eigenvalue weighted by Crippen LogP contribution is -1.99. The van der Waals surface area contributed by atoms with Crippen molar-refractivity contribution in [3.63, 3.8) is 0 Å². The highest BCUT2D eigenvalue weighted by molar-refractivity contribution is 14.1. The first-order valence-corrected chi connectivity index (χ1v) is 6.68. The third-order valence-corrected chi connectivity index (χ3v) is 3.40. The highest BCUT2D eigenvalue weighted by Gasteiger charge is 2.06. The van der Waals surface area contributed by atoms with E-state index < -0.39 is 0 Å². The molecule has 0 amide bonds. The molecule has 0 atom stereocenters. The van der Waals surface area contributed by atoms with Gasteiger partial charge in [0.2, 0.25) is 0 Å². The van der Waals surface area contributed by atoms with E-state index in [1.54, 1.807) is 0 Å². The molecule has 0 fully saturated rings. The maximum absolute atomic E-state index is 5.90. The van der Waals surface area contributed by atoms with Crippen LogP contribution in [0.5, 0.6) is 5.75 Å². The zero-order valence-electron chi connectivity index (χ0n) is 10.0. The molecule has 0 unspecified atom stereocenters. The Labute approximate surface area is 116 Å². The predicted molar refractivity (Wildman–Crippen MR) is 79.4 cm³/mol. The summed E-state index contributed by atoms with van der Waals surface area (Å²) in [6.07, 6.45) is 0. The molecule has 0 saturated heterocycles. The van der Waals surface area contributed by atoms with Crippen LogP contribution in [-0.2, 0) is 6.61 Å². The van der Waals surface area contributed by atoms with Gasteiger partial charge in [0.05, 0.1) is 3.57 Å². The van der Waals surface area contributed by atoms with E-state index >= 15 is 0 Å². The van der Waals surface area contributed by atoms with Gasteiger partial charge in [-0.2, -0.15) is 0 Å². The van der Waals surface area contributed by atoms with Gasteiger partial charge >= 0.3 is 0 Å². The van der Waals surface area contributed by atoms with Crippen molar-refractivity contribution in [3.05, 3.63) is 62.7 Å². The SMILES string of the molecule is Cc1cc(C)c(OCc2ccccc2)c(I)c1. The Hall–Kier alpha value is -1.03. The molecule has 2 aromatic carbocycles. The van der Waals surface area contributed by atoms with Gasteiger partial charge in [0, 0.05) is 0 Å². The minimum absolute atomic E-state index is 0.626. The Balaban J connectivity index is 2.15. The molecule has 2 rings (SSSR count). The van der Waals surface area contributed by atoms with Crippen LogP contribution in [0.2, 0.25) is 0 Å². The lowest BCUT2D eigenvalue weighted by molar-refractivity contribution is 0.302. The second-order valence-electron chi connectivity index (χ2n) is 4.17. The van der Waals surface area contributed by atoms with E-state index in [4.69, 9.17) is 4.74 Å². The first-order valence-electron chi connectivity index (χ1n) is 5.60.